The zero-order chi connectivity index (χ0) is 11.8. The van der Waals surface area contributed by atoms with Crippen LogP contribution in [-0.4, -0.2) is 24.7 Å². The molecule has 0 amide bonds. The largest absolute Gasteiger partial charge is 0.492 e. The summed E-state index contributed by atoms with van der Waals surface area (Å²) in [6, 6.07) is 2.40. The standard InChI is InChI=1S/C13H20N2O/c1-4-6-12(14-3)7-11-8-13(16-5-2)10-15-9-11/h4,6,8-10,12,14H,5,7H2,1-3H3/b6-4+. The molecule has 0 aliphatic carbocycles. The molecule has 3 nitrogen and oxygen atoms in total. The third-order valence-corrected chi connectivity index (χ3v) is 2.33. The highest BCUT2D eigenvalue weighted by molar-refractivity contribution is 5.24. The summed E-state index contributed by atoms with van der Waals surface area (Å²) in [5.74, 6) is 0.843. The molecule has 0 aromatic carbocycles. The highest BCUT2D eigenvalue weighted by Crippen LogP contribution is 2.12. The molecule has 1 aromatic rings. The van der Waals surface area contributed by atoms with E-state index in [9.17, 15) is 0 Å². The van der Waals surface area contributed by atoms with E-state index in [4.69, 9.17) is 4.74 Å². The minimum atomic E-state index is 0.351. The van der Waals surface area contributed by atoms with Gasteiger partial charge in [-0.1, -0.05) is 12.2 Å². The van der Waals surface area contributed by atoms with Gasteiger partial charge < -0.3 is 10.1 Å². The lowest BCUT2D eigenvalue weighted by Gasteiger charge is -2.12. The molecule has 3 heteroatoms. The Morgan fingerprint density at radius 3 is 2.94 bits per heavy atom. The first-order chi connectivity index (χ1) is 7.80. The Morgan fingerprint density at radius 2 is 2.31 bits per heavy atom. The average molecular weight is 220 g/mol. The van der Waals surface area contributed by atoms with Crippen molar-refractivity contribution in [2.75, 3.05) is 13.7 Å². The number of hydrogen-bond acceptors (Lipinski definition) is 3. The van der Waals surface area contributed by atoms with E-state index in [1.807, 2.05) is 33.2 Å². The maximum atomic E-state index is 5.42. The van der Waals surface area contributed by atoms with E-state index in [0.717, 1.165) is 12.2 Å². The lowest BCUT2D eigenvalue weighted by Crippen LogP contribution is -2.25. The lowest BCUT2D eigenvalue weighted by molar-refractivity contribution is 0.338. The molecule has 1 unspecified atom stereocenters. The summed E-state index contributed by atoms with van der Waals surface area (Å²) in [5.41, 5.74) is 1.18. The second-order valence-electron chi connectivity index (χ2n) is 3.59. The topological polar surface area (TPSA) is 34.1 Å². The Balaban J connectivity index is 2.68. The van der Waals surface area contributed by atoms with Crippen LogP contribution in [0, 0.1) is 0 Å². The third kappa shape index (κ3) is 4.03. The van der Waals surface area contributed by atoms with Crippen molar-refractivity contribution in [3.63, 3.8) is 0 Å². The fourth-order valence-electron chi connectivity index (χ4n) is 1.57. The molecule has 0 fully saturated rings. The Hall–Kier alpha value is -1.35. The minimum absolute atomic E-state index is 0.351. The van der Waals surface area contributed by atoms with Gasteiger partial charge in [0, 0.05) is 12.2 Å². The molecule has 1 rings (SSSR count). The average Bonchev–Trinajstić information content (AvgIpc) is 2.29. The quantitative estimate of drug-likeness (QED) is 0.746. The maximum Gasteiger partial charge on any atom is 0.137 e. The van der Waals surface area contributed by atoms with Crippen molar-refractivity contribution in [3.8, 4) is 5.75 Å². The number of nitrogens with one attached hydrogen (secondary N) is 1. The maximum absolute atomic E-state index is 5.42. The summed E-state index contributed by atoms with van der Waals surface area (Å²) in [6.45, 7) is 4.68. The molecule has 1 atom stereocenters. The van der Waals surface area contributed by atoms with Crippen molar-refractivity contribution in [1.29, 1.82) is 0 Å². The Morgan fingerprint density at radius 1 is 1.50 bits per heavy atom. The van der Waals surface area contributed by atoms with Crippen LogP contribution in [0.2, 0.25) is 0 Å². The third-order valence-electron chi connectivity index (χ3n) is 2.33. The summed E-state index contributed by atoms with van der Waals surface area (Å²) >= 11 is 0. The molecular formula is C13H20N2O. The molecule has 0 saturated carbocycles. The normalized spacial score (nSPS) is 12.9. The van der Waals surface area contributed by atoms with Gasteiger partial charge in [0.15, 0.2) is 0 Å². The fraction of sp³-hybridized carbons (Fsp3) is 0.462. The Labute approximate surface area is 97.5 Å². The van der Waals surface area contributed by atoms with Gasteiger partial charge in [-0.25, -0.2) is 0 Å². The van der Waals surface area contributed by atoms with E-state index in [0.29, 0.717) is 12.6 Å². The molecule has 0 aliphatic rings. The molecule has 1 N–H and O–H groups in total. The van der Waals surface area contributed by atoms with E-state index in [1.54, 1.807) is 6.20 Å². The van der Waals surface area contributed by atoms with Crippen LogP contribution in [0.1, 0.15) is 19.4 Å². The number of ether oxygens (including phenoxy) is 1. The first-order valence-electron chi connectivity index (χ1n) is 5.67. The van der Waals surface area contributed by atoms with Gasteiger partial charge in [0.25, 0.3) is 0 Å². The fourth-order valence-corrected chi connectivity index (χ4v) is 1.57. The minimum Gasteiger partial charge on any atom is -0.492 e. The molecule has 0 aliphatic heterocycles. The van der Waals surface area contributed by atoms with Crippen LogP contribution >= 0.6 is 0 Å². The Bertz CT molecular complexity index is 336. The number of pyridine rings is 1. The van der Waals surface area contributed by atoms with E-state index >= 15 is 0 Å². The van der Waals surface area contributed by atoms with Crippen molar-refractivity contribution in [1.82, 2.24) is 10.3 Å². The monoisotopic (exact) mass is 220 g/mol. The molecule has 0 spiro atoms. The summed E-state index contributed by atoms with van der Waals surface area (Å²) < 4.78 is 5.42. The molecule has 1 aromatic heterocycles. The zero-order valence-electron chi connectivity index (χ0n) is 10.2. The predicted molar refractivity (Wildman–Crippen MR) is 66.8 cm³/mol. The van der Waals surface area contributed by atoms with E-state index in [2.05, 4.69) is 22.5 Å². The van der Waals surface area contributed by atoms with Crippen LogP contribution in [0.3, 0.4) is 0 Å². The molecular weight excluding hydrogens is 200 g/mol. The second kappa shape index (κ2) is 7.01. The second-order valence-corrected chi connectivity index (χ2v) is 3.59. The van der Waals surface area contributed by atoms with Crippen LogP contribution in [0.15, 0.2) is 30.6 Å². The lowest BCUT2D eigenvalue weighted by atomic mass is 10.1. The van der Waals surface area contributed by atoms with Crippen LogP contribution in [0.25, 0.3) is 0 Å². The molecule has 16 heavy (non-hydrogen) atoms. The molecule has 1 heterocycles. The molecule has 0 bridgehead atoms. The van der Waals surface area contributed by atoms with Gasteiger partial charge in [-0.2, -0.15) is 0 Å². The number of nitrogens with zero attached hydrogens (tertiary/aromatic N) is 1. The number of likely N-dealkylation sites (N-methyl/N-ethyl adjacent to an activating group) is 1. The van der Waals surface area contributed by atoms with Gasteiger partial charge >= 0.3 is 0 Å². The number of aromatic nitrogens is 1. The van der Waals surface area contributed by atoms with Crippen molar-refractivity contribution < 1.29 is 4.74 Å². The zero-order valence-corrected chi connectivity index (χ0v) is 10.2. The number of hydrogen-bond donors (Lipinski definition) is 1. The van der Waals surface area contributed by atoms with Crippen LogP contribution in [-0.2, 0) is 6.42 Å². The van der Waals surface area contributed by atoms with Crippen molar-refractivity contribution in [3.05, 3.63) is 36.2 Å². The van der Waals surface area contributed by atoms with Crippen LogP contribution in [0.5, 0.6) is 5.75 Å². The summed E-state index contributed by atoms with van der Waals surface area (Å²) in [6.07, 6.45) is 8.76. The molecule has 0 radical (unpaired) electrons. The predicted octanol–water partition coefficient (Wildman–Crippen LogP) is 2.19. The van der Waals surface area contributed by atoms with Crippen molar-refractivity contribution in [2.45, 2.75) is 26.3 Å². The highest BCUT2D eigenvalue weighted by Gasteiger charge is 2.04. The number of rotatable bonds is 6. The molecule has 0 saturated heterocycles. The number of allylic oxidation sites excluding steroid dienone is 1. The highest BCUT2D eigenvalue weighted by atomic mass is 16.5. The van der Waals surface area contributed by atoms with Crippen molar-refractivity contribution >= 4 is 0 Å². The SMILES string of the molecule is C/C=C/C(Cc1cncc(OCC)c1)NC. The smallest absolute Gasteiger partial charge is 0.137 e. The van der Waals surface area contributed by atoms with Gasteiger partial charge in [0.05, 0.1) is 12.8 Å². The first-order valence-corrected chi connectivity index (χ1v) is 5.67. The van der Waals surface area contributed by atoms with Gasteiger partial charge in [0.1, 0.15) is 5.75 Å². The van der Waals surface area contributed by atoms with Crippen LogP contribution in [0.4, 0.5) is 0 Å². The van der Waals surface area contributed by atoms with Gasteiger partial charge in [-0.15, -0.1) is 0 Å². The van der Waals surface area contributed by atoms with Gasteiger partial charge in [-0.3, -0.25) is 4.98 Å². The summed E-state index contributed by atoms with van der Waals surface area (Å²) in [5, 5.41) is 3.25. The van der Waals surface area contributed by atoms with E-state index < -0.39 is 0 Å². The van der Waals surface area contributed by atoms with Crippen LogP contribution < -0.4 is 10.1 Å². The first kappa shape index (κ1) is 12.7. The van der Waals surface area contributed by atoms with E-state index in [-0.39, 0.29) is 0 Å². The van der Waals surface area contributed by atoms with Gasteiger partial charge in [-0.05, 0) is 38.9 Å². The summed E-state index contributed by atoms with van der Waals surface area (Å²) in [4.78, 5) is 4.17. The molecule has 88 valence electrons. The van der Waals surface area contributed by atoms with E-state index in [1.165, 1.54) is 5.56 Å². The Kier molecular flexibility index (Phi) is 5.57. The van der Waals surface area contributed by atoms with Crippen molar-refractivity contribution in [2.24, 2.45) is 0 Å². The summed E-state index contributed by atoms with van der Waals surface area (Å²) in [7, 11) is 1.96. The van der Waals surface area contributed by atoms with Gasteiger partial charge in [0.2, 0.25) is 0 Å².